The van der Waals surface area contributed by atoms with Gasteiger partial charge in [-0.15, -0.1) is 0 Å². The van der Waals surface area contributed by atoms with Crippen molar-refractivity contribution < 1.29 is 27.4 Å². The highest BCUT2D eigenvalue weighted by atomic mass is 19.4. The molecule has 2 N–H and O–H groups in total. The van der Waals surface area contributed by atoms with Gasteiger partial charge in [0, 0.05) is 29.9 Å². The summed E-state index contributed by atoms with van der Waals surface area (Å²) in [4.78, 5) is 22.4. The molecule has 0 atom stereocenters. The Balaban J connectivity index is 1.46. The second-order valence-corrected chi connectivity index (χ2v) is 10.8. The zero-order chi connectivity index (χ0) is 28.2. The Morgan fingerprint density at radius 2 is 1.85 bits per heavy atom. The van der Waals surface area contributed by atoms with Gasteiger partial charge in [-0.3, -0.25) is 5.32 Å². The number of amides is 1. The Hall–Kier alpha value is -3.60. The molecule has 0 unspecified atom stereocenters. The Morgan fingerprint density at radius 3 is 2.54 bits per heavy atom. The molecule has 1 aromatic carbocycles. The van der Waals surface area contributed by atoms with Crippen LogP contribution in [0.15, 0.2) is 42.6 Å². The van der Waals surface area contributed by atoms with Gasteiger partial charge < -0.3 is 19.7 Å². The predicted molar refractivity (Wildman–Crippen MR) is 144 cm³/mol. The average molecular weight is 546 g/mol. The standard InChI is InChI=1S/C28H34F3N5O3/c1-27(2,3)39-26(37)35-25-22-6-5-21(15-20(22)7-10-32-25)33-16-19-13-23(28(29,30)31)34-24(14-19)38-17-18-8-11-36(4)12-9-18/h5-7,10,13-15,18,33H,8-9,11-12,16-17H2,1-4H3,(H,32,35,37). The predicted octanol–water partition coefficient (Wildman–Crippen LogP) is 6.33. The number of fused-ring (bicyclic) bond motifs is 1. The first-order chi connectivity index (χ1) is 18.4. The first-order valence-electron chi connectivity index (χ1n) is 12.9. The monoisotopic (exact) mass is 545 g/mol. The smallest absolute Gasteiger partial charge is 0.433 e. The van der Waals surface area contributed by atoms with Gasteiger partial charge in [0.2, 0.25) is 5.88 Å². The van der Waals surface area contributed by atoms with Gasteiger partial charge in [0.15, 0.2) is 0 Å². The van der Waals surface area contributed by atoms with Crippen molar-refractivity contribution in [2.24, 2.45) is 5.92 Å². The van der Waals surface area contributed by atoms with Crippen LogP contribution in [0.25, 0.3) is 10.8 Å². The third kappa shape index (κ3) is 8.19. The van der Waals surface area contributed by atoms with E-state index in [1.54, 1.807) is 51.2 Å². The molecule has 2 aromatic heterocycles. The van der Waals surface area contributed by atoms with Crippen LogP contribution in [0, 0.1) is 5.92 Å². The fraction of sp³-hybridized carbons (Fsp3) is 0.464. The molecule has 0 spiro atoms. The fourth-order valence-electron chi connectivity index (χ4n) is 4.30. The number of nitrogens with one attached hydrogen (secondary N) is 2. The van der Waals surface area contributed by atoms with Gasteiger partial charge in [-0.25, -0.2) is 14.8 Å². The number of benzene rings is 1. The molecule has 0 radical (unpaired) electrons. The lowest BCUT2D eigenvalue weighted by Crippen LogP contribution is -2.32. The number of carbonyl (C=O) groups is 1. The molecule has 1 amide bonds. The van der Waals surface area contributed by atoms with E-state index in [0.717, 1.165) is 37.4 Å². The van der Waals surface area contributed by atoms with Crippen molar-refractivity contribution in [3.05, 3.63) is 53.9 Å². The third-order valence-electron chi connectivity index (χ3n) is 6.34. The highest BCUT2D eigenvalue weighted by Gasteiger charge is 2.33. The zero-order valence-electron chi connectivity index (χ0n) is 22.6. The van der Waals surface area contributed by atoms with Crippen LogP contribution in [-0.2, 0) is 17.5 Å². The number of nitrogens with zero attached hydrogens (tertiary/aromatic N) is 3. The van der Waals surface area contributed by atoms with Gasteiger partial charge in [0.25, 0.3) is 0 Å². The van der Waals surface area contributed by atoms with Crippen molar-refractivity contribution in [1.82, 2.24) is 14.9 Å². The Labute approximate surface area is 225 Å². The third-order valence-corrected chi connectivity index (χ3v) is 6.34. The van der Waals surface area contributed by atoms with Crippen molar-refractivity contribution in [3.63, 3.8) is 0 Å². The van der Waals surface area contributed by atoms with Gasteiger partial charge >= 0.3 is 12.3 Å². The molecule has 8 nitrogen and oxygen atoms in total. The quantitative estimate of drug-likeness (QED) is 0.359. The van der Waals surface area contributed by atoms with E-state index in [9.17, 15) is 18.0 Å². The van der Waals surface area contributed by atoms with Crippen LogP contribution in [0.4, 0.5) is 29.5 Å². The van der Waals surface area contributed by atoms with Crippen LogP contribution < -0.4 is 15.4 Å². The van der Waals surface area contributed by atoms with E-state index in [0.29, 0.717) is 35.0 Å². The molecule has 1 aliphatic heterocycles. The summed E-state index contributed by atoms with van der Waals surface area (Å²) in [5.74, 6) is 0.618. The molecule has 3 heterocycles. The van der Waals surface area contributed by atoms with Crippen molar-refractivity contribution in [2.75, 3.05) is 37.4 Å². The summed E-state index contributed by atoms with van der Waals surface area (Å²) in [5, 5.41) is 7.31. The number of pyridine rings is 2. The fourth-order valence-corrected chi connectivity index (χ4v) is 4.30. The first kappa shape index (κ1) is 28.4. The summed E-state index contributed by atoms with van der Waals surface area (Å²) in [6.45, 7) is 7.67. The SMILES string of the molecule is CN1CCC(COc2cc(CNc3ccc4c(NC(=O)OC(C)(C)C)nccc4c3)cc(C(F)(F)F)n2)CC1. The number of hydrogen-bond donors (Lipinski definition) is 2. The second kappa shape index (κ2) is 11.6. The van der Waals surface area contributed by atoms with Crippen molar-refractivity contribution >= 4 is 28.4 Å². The molecule has 0 bridgehead atoms. The van der Waals surface area contributed by atoms with Crippen molar-refractivity contribution in [2.45, 2.75) is 51.9 Å². The molecule has 39 heavy (non-hydrogen) atoms. The van der Waals surface area contributed by atoms with Crippen molar-refractivity contribution in [3.8, 4) is 5.88 Å². The minimum atomic E-state index is -4.59. The second-order valence-electron chi connectivity index (χ2n) is 10.8. The lowest BCUT2D eigenvalue weighted by atomic mass is 9.98. The van der Waals surface area contributed by atoms with E-state index >= 15 is 0 Å². The number of likely N-dealkylation sites (tertiary alicyclic amines) is 1. The molecule has 1 saturated heterocycles. The Kier molecular flexibility index (Phi) is 8.48. The van der Waals surface area contributed by atoms with E-state index in [1.807, 2.05) is 6.07 Å². The van der Waals surface area contributed by atoms with Crippen molar-refractivity contribution in [1.29, 1.82) is 0 Å². The van der Waals surface area contributed by atoms with Crippen LogP contribution in [0.1, 0.15) is 44.9 Å². The molecule has 1 fully saturated rings. The van der Waals surface area contributed by atoms with Gasteiger partial charge in [-0.1, -0.05) is 0 Å². The van der Waals surface area contributed by atoms with Crippen LogP contribution >= 0.6 is 0 Å². The molecule has 1 aliphatic rings. The average Bonchev–Trinajstić information content (AvgIpc) is 2.85. The number of carbonyl (C=O) groups excluding carboxylic acids is 1. The summed E-state index contributed by atoms with van der Waals surface area (Å²) in [6.07, 6.45) is -1.76. The van der Waals surface area contributed by atoms with Crippen LogP contribution in [0.2, 0.25) is 0 Å². The van der Waals surface area contributed by atoms with E-state index in [1.165, 1.54) is 0 Å². The number of hydrogen-bond acceptors (Lipinski definition) is 7. The lowest BCUT2D eigenvalue weighted by Gasteiger charge is -2.28. The topological polar surface area (TPSA) is 88.6 Å². The molecular formula is C28H34F3N5O3. The summed E-state index contributed by atoms with van der Waals surface area (Å²) in [5.41, 5.74) is -0.542. The van der Waals surface area contributed by atoms with Gasteiger partial charge in [-0.2, -0.15) is 13.2 Å². The van der Waals surface area contributed by atoms with Crippen LogP contribution in [0.3, 0.4) is 0 Å². The molecule has 0 aliphatic carbocycles. The summed E-state index contributed by atoms with van der Waals surface area (Å²) < 4.78 is 51.7. The summed E-state index contributed by atoms with van der Waals surface area (Å²) in [6, 6.07) is 9.74. The molecule has 0 saturated carbocycles. The minimum absolute atomic E-state index is 0.0250. The number of rotatable bonds is 7. The van der Waals surface area contributed by atoms with Gasteiger partial charge in [-0.05, 0) is 101 Å². The van der Waals surface area contributed by atoms with Crippen LogP contribution in [0.5, 0.6) is 5.88 Å². The lowest BCUT2D eigenvalue weighted by molar-refractivity contribution is -0.141. The highest BCUT2D eigenvalue weighted by molar-refractivity contribution is 5.99. The Bertz CT molecular complexity index is 1300. The Morgan fingerprint density at radius 1 is 1.10 bits per heavy atom. The van der Waals surface area contributed by atoms with Crippen LogP contribution in [-0.4, -0.2) is 53.3 Å². The zero-order valence-corrected chi connectivity index (χ0v) is 22.6. The van der Waals surface area contributed by atoms with E-state index < -0.39 is 23.6 Å². The number of aromatic nitrogens is 2. The maximum atomic E-state index is 13.6. The van der Waals surface area contributed by atoms with Gasteiger partial charge in [0.1, 0.15) is 17.1 Å². The molecular weight excluding hydrogens is 511 g/mol. The molecule has 3 aromatic rings. The maximum Gasteiger partial charge on any atom is 0.433 e. The summed E-state index contributed by atoms with van der Waals surface area (Å²) in [7, 11) is 2.05. The van der Waals surface area contributed by atoms with E-state index in [-0.39, 0.29) is 12.4 Å². The highest BCUT2D eigenvalue weighted by Crippen LogP contribution is 2.31. The largest absolute Gasteiger partial charge is 0.477 e. The number of halogens is 3. The number of ether oxygens (including phenoxy) is 2. The normalized spacial score (nSPS) is 15.3. The summed E-state index contributed by atoms with van der Waals surface area (Å²) >= 11 is 0. The molecule has 11 heteroatoms. The van der Waals surface area contributed by atoms with E-state index in [4.69, 9.17) is 9.47 Å². The van der Waals surface area contributed by atoms with E-state index in [2.05, 4.69) is 32.5 Å². The number of piperidine rings is 1. The number of anilines is 2. The maximum absolute atomic E-state index is 13.6. The number of alkyl halides is 3. The minimum Gasteiger partial charge on any atom is -0.477 e. The van der Waals surface area contributed by atoms with Gasteiger partial charge in [0.05, 0.1) is 6.61 Å². The molecule has 210 valence electrons. The molecule has 4 rings (SSSR count). The first-order valence-corrected chi connectivity index (χ1v) is 12.9.